The van der Waals surface area contributed by atoms with Crippen molar-refractivity contribution in [2.45, 2.75) is 25.6 Å². The van der Waals surface area contributed by atoms with Crippen LogP contribution in [0.5, 0.6) is 5.75 Å². The number of rotatable bonds is 4. The highest BCUT2D eigenvalue weighted by atomic mass is 19.4. The van der Waals surface area contributed by atoms with E-state index in [1.807, 2.05) is 0 Å². The number of amides is 1. The lowest BCUT2D eigenvalue weighted by molar-refractivity contribution is -0.143. The van der Waals surface area contributed by atoms with E-state index in [1.54, 1.807) is 23.1 Å². The summed E-state index contributed by atoms with van der Waals surface area (Å²) in [5.41, 5.74) is 0.102. The van der Waals surface area contributed by atoms with Gasteiger partial charge in [-0.25, -0.2) is 22.7 Å². The number of carbonyl (C=O) groups is 1. The summed E-state index contributed by atoms with van der Waals surface area (Å²) in [5.74, 6) is -3.28. The van der Waals surface area contributed by atoms with Crippen LogP contribution in [0.4, 0.5) is 26.3 Å². The third-order valence-electron chi connectivity index (χ3n) is 7.58. The molecule has 1 fully saturated rings. The molecule has 13 heteroatoms. The van der Waals surface area contributed by atoms with E-state index < -0.39 is 35.2 Å². The van der Waals surface area contributed by atoms with Crippen molar-refractivity contribution in [3.63, 3.8) is 0 Å². The van der Waals surface area contributed by atoms with Gasteiger partial charge in [0.2, 0.25) is 0 Å². The van der Waals surface area contributed by atoms with E-state index in [-0.39, 0.29) is 67.2 Å². The SMILES string of the molecule is COc1ccc2c(c1)CCc1c-2nc2c(C(=O)N3CCN(Cc4cc(F)cc(F)c4F)CC3)cnn2c1C(F)(F)F. The summed E-state index contributed by atoms with van der Waals surface area (Å²) in [6, 6.07) is 6.48. The minimum atomic E-state index is -4.75. The van der Waals surface area contributed by atoms with Crippen molar-refractivity contribution in [2.75, 3.05) is 33.3 Å². The van der Waals surface area contributed by atoms with Gasteiger partial charge < -0.3 is 9.64 Å². The maximum absolute atomic E-state index is 14.4. The maximum atomic E-state index is 14.4. The summed E-state index contributed by atoms with van der Waals surface area (Å²) in [4.78, 5) is 21.2. The molecule has 41 heavy (non-hydrogen) atoms. The average molecular weight is 576 g/mol. The van der Waals surface area contributed by atoms with Crippen molar-refractivity contribution in [2.24, 2.45) is 0 Å². The number of halogens is 6. The van der Waals surface area contributed by atoms with Crippen LogP contribution in [-0.4, -0.2) is 63.6 Å². The lowest BCUT2D eigenvalue weighted by Crippen LogP contribution is -2.48. The number of hydrogen-bond donors (Lipinski definition) is 0. The van der Waals surface area contributed by atoms with E-state index in [2.05, 4.69) is 10.1 Å². The van der Waals surface area contributed by atoms with Crippen LogP contribution in [0.2, 0.25) is 0 Å². The fourth-order valence-corrected chi connectivity index (χ4v) is 5.57. The zero-order chi connectivity index (χ0) is 29.1. The number of methoxy groups -OCH3 is 1. The van der Waals surface area contributed by atoms with Crippen molar-refractivity contribution in [1.82, 2.24) is 24.4 Å². The summed E-state index contributed by atoms with van der Waals surface area (Å²) < 4.78 is 90.4. The molecule has 6 rings (SSSR count). The lowest BCUT2D eigenvalue weighted by atomic mass is 9.87. The number of benzene rings is 2. The molecular weight excluding hydrogens is 552 g/mol. The van der Waals surface area contributed by atoms with E-state index in [9.17, 15) is 31.1 Å². The molecule has 0 unspecified atom stereocenters. The molecule has 2 aromatic carbocycles. The van der Waals surface area contributed by atoms with Crippen LogP contribution in [0.3, 0.4) is 0 Å². The molecule has 0 saturated carbocycles. The van der Waals surface area contributed by atoms with Crippen LogP contribution < -0.4 is 4.74 Å². The molecule has 7 nitrogen and oxygen atoms in total. The Morgan fingerprint density at radius 2 is 1.78 bits per heavy atom. The second-order valence-corrected chi connectivity index (χ2v) is 10.0. The predicted octanol–water partition coefficient (Wildman–Crippen LogP) is 4.90. The van der Waals surface area contributed by atoms with Crippen molar-refractivity contribution in [3.05, 3.63) is 81.9 Å². The third-order valence-corrected chi connectivity index (χ3v) is 7.58. The quantitative estimate of drug-likeness (QED) is 0.256. The fourth-order valence-electron chi connectivity index (χ4n) is 5.57. The lowest BCUT2D eigenvalue weighted by Gasteiger charge is -2.34. The molecule has 4 aromatic rings. The summed E-state index contributed by atoms with van der Waals surface area (Å²) in [7, 11) is 1.51. The largest absolute Gasteiger partial charge is 0.497 e. The Kier molecular flexibility index (Phi) is 6.63. The molecule has 214 valence electrons. The molecule has 3 heterocycles. The zero-order valence-electron chi connectivity index (χ0n) is 21.7. The number of carbonyl (C=O) groups excluding carboxylic acids is 1. The number of ether oxygens (including phenoxy) is 1. The molecule has 0 radical (unpaired) electrons. The van der Waals surface area contributed by atoms with Crippen molar-refractivity contribution in [3.8, 4) is 17.0 Å². The van der Waals surface area contributed by atoms with Gasteiger partial charge in [-0.1, -0.05) is 0 Å². The second kappa shape index (κ2) is 10.1. The number of nitrogens with zero attached hydrogens (tertiary/aromatic N) is 5. The maximum Gasteiger partial charge on any atom is 0.433 e. The van der Waals surface area contributed by atoms with Gasteiger partial charge in [0.15, 0.2) is 23.0 Å². The van der Waals surface area contributed by atoms with Crippen molar-refractivity contribution < 1.29 is 35.9 Å². The Hall–Kier alpha value is -4.13. The van der Waals surface area contributed by atoms with Gasteiger partial charge in [0.05, 0.1) is 19.0 Å². The van der Waals surface area contributed by atoms with Gasteiger partial charge >= 0.3 is 6.18 Å². The molecule has 0 spiro atoms. The first-order valence-electron chi connectivity index (χ1n) is 12.8. The van der Waals surface area contributed by atoms with E-state index in [0.29, 0.717) is 28.3 Å². The van der Waals surface area contributed by atoms with Crippen molar-refractivity contribution >= 4 is 11.6 Å². The number of aryl methyl sites for hydroxylation is 1. The third kappa shape index (κ3) is 4.77. The predicted molar refractivity (Wildman–Crippen MR) is 135 cm³/mol. The van der Waals surface area contributed by atoms with Crippen LogP contribution in [0.25, 0.3) is 16.9 Å². The van der Waals surface area contributed by atoms with Crippen LogP contribution in [0.15, 0.2) is 36.5 Å². The van der Waals surface area contributed by atoms with Crippen LogP contribution in [0.1, 0.15) is 32.7 Å². The second-order valence-electron chi connectivity index (χ2n) is 10.0. The van der Waals surface area contributed by atoms with Gasteiger partial charge in [0.1, 0.15) is 17.1 Å². The normalized spacial score (nSPS) is 15.6. The van der Waals surface area contributed by atoms with E-state index in [0.717, 1.165) is 17.8 Å². The smallest absolute Gasteiger partial charge is 0.433 e. The zero-order valence-corrected chi connectivity index (χ0v) is 21.7. The Labute approximate surface area is 229 Å². The molecule has 0 bridgehead atoms. The molecule has 1 aliphatic heterocycles. The van der Waals surface area contributed by atoms with Gasteiger partial charge in [-0.2, -0.15) is 18.3 Å². The highest BCUT2D eigenvalue weighted by Gasteiger charge is 2.41. The summed E-state index contributed by atoms with van der Waals surface area (Å²) in [5, 5.41) is 3.93. The van der Waals surface area contributed by atoms with E-state index >= 15 is 0 Å². The molecule has 0 atom stereocenters. The number of fused-ring (bicyclic) bond motifs is 4. The summed E-state index contributed by atoms with van der Waals surface area (Å²) in [6.07, 6.45) is -3.20. The topological polar surface area (TPSA) is 63.0 Å². The fraction of sp³-hybridized carbons (Fsp3) is 0.321. The summed E-state index contributed by atoms with van der Waals surface area (Å²) in [6.45, 7) is 0.777. The van der Waals surface area contributed by atoms with E-state index in [4.69, 9.17) is 4.74 Å². The van der Waals surface area contributed by atoms with Crippen molar-refractivity contribution in [1.29, 1.82) is 0 Å². The Balaban J connectivity index is 1.31. The van der Waals surface area contributed by atoms with Gasteiger partial charge in [-0.15, -0.1) is 0 Å². The molecule has 0 N–H and O–H groups in total. The van der Waals surface area contributed by atoms with E-state index in [1.165, 1.54) is 12.0 Å². The highest BCUT2D eigenvalue weighted by Crippen LogP contribution is 2.41. The molecular formula is C28H23F6N5O2. The molecule has 2 aromatic heterocycles. The minimum absolute atomic E-state index is 0.0133. The number of hydrogen-bond acceptors (Lipinski definition) is 5. The monoisotopic (exact) mass is 575 g/mol. The van der Waals surface area contributed by atoms with Crippen LogP contribution >= 0.6 is 0 Å². The molecule has 2 aliphatic rings. The average Bonchev–Trinajstić information content (AvgIpc) is 3.36. The first-order chi connectivity index (χ1) is 19.5. The Bertz CT molecular complexity index is 1680. The molecule has 1 amide bonds. The van der Waals surface area contributed by atoms with Gasteiger partial charge in [0, 0.05) is 55.5 Å². The standard InChI is InChI=1S/C28H23F6N5O2/c1-41-18-3-5-19-15(11-18)2-4-20-24(19)36-26-21(13-35-39(26)25(20)28(32,33)34)27(40)38-8-6-37(7-9-38)14-16-10-17(29)12-22(30)23(16)31/h3,5,10-13H,2,4,6-9,14H2,1H3. The van der Waals surface area contributed by atoms with Gasteiger partial charge in [-0.05, 0) is 42.7 Å². The first kappa shape index (κ1) is 27.1. The molecule has 1 aliphatic carbocycles. The van der Waals surface area contributed by atoms with Crippen LogP contribution in [0, 0.1) is 17.5 Å². The van der Waals surface area contributed by atoms with Crippen LogP contribution in [-0.2, 0) is 25.6 Å². The minimum Gasteiger partial charge on any atom is -0.497 e. The number of alkyl halides is 3. The number of aromatic nitrogens is 3. The van der Waals surface area contributed by atoms with Gasteiger partial charge in [-0.3, -0.25) is 9.69 Å². The highest BCUT2D eigenvalue weighted by molar-refractivity contribution is 6.00. The summed E-state index contributed by atoms with van der Waals surface area (Å²) >= 11 is 0. The first-order valence-corrected chi connectivity index (χ1v) is 12.8. The Morgan fingerprint density at radius 1 is 1.02 bits per heavy atom. The Morgan fingerprint density at radius 3 is 2.49 bits per heavy atom. The molecule has 1 saturated heterocycles. The number of piperazine rings is 1. The van der Waals surface area contributed by atoms with Gasteiger partial charge in [0.25, 0.3) is 5.91 Å².